The molecular weight excluding hydrogens is 210 g/mol. The third-order valence-electron chi connectivity index (χ3n) is 3.76. The van der Waals surface area contributed by atoms with Crippen molar-refractivity contribution in [3.8, 4) is 5.75 Å². The van der Waals surface area contributed by atoms with Crippen molar-refractivity contribution in [1.29, 1.82) is 0 Å². The van der Waals surface area contributed by atoms with Gasteiger partial charge in [-0.1, -0.05) is 32.9 Å². The zero-order valence-corrected chi connectivity index (χ0v) is 11.4. The highest BCUT2D eigenvalue weighted by atomic mass is 16.5. The second-order valence-electron chi connectivity index (χ2n) is 5.21. The van der Waals surface area contributed by atoms with Crippen LogP contribution in [0, 0.1) is 0 Å². The Kier molecular flexibility index (Phi) is 3.72. The highest BCUT2D eigenvalue weighted by Crippen LogP contribution is 2.33. The van der Waals surface area contributed by atoms with Crippen LogP contribution in [-0.4, -0.2) is 31.6 Å². The van der Waals surface area contributed by atoms with Crippen LogP contribution >= 0.6 is 0 Å². The van der Waals surface area contributed by atoms with E-state index in [2.05, 4.69) is 43.9 Å². The Bertz CT molecular complexity index is 381. The quantitative estimate of drug-likeness (QED) is 0.791. The predicted octanol–water partition coefficient (Wildman–Crippen LogP) is 3.24. The molecule has 0 aromatic heterocycles. The van der Waals surface area contributed by atoms with E-state index in [1.807, 2.05) is 0 Å². The minimum absolute atomic E-state index is 0.521. The van der Waals surface area contributed by atoms with Gasteiger partial charge in [0.15, 0.2) is 0 Å². The van der Waals surface area contributed by atoms with Gasteiger partial charge in [-0.25, -0.2) is 0 Å². The van der Waals surface area contributed by atoms with Gasteiger partial charge in [-0.3, -0.25) is 0 Å². The van der Waals surface area contributed by atoms with E-state index in [9.17, 15) is 0 Å². The Hall–Kier alpha value is -1.02. The fraction of sp³-hybridized carbons (Fsp3) is 0.600. The first-order chi connectivity index (χ1) is 8.15. The number of methoxy groups -OCH3 is 1. The molecule has 94 valence electrons. The first-order valence-corrected chi connectivity index (χ1v) is 6.55. The van der Waals surface area contributed by atoms with Crippen LogP contribution in [0.5, 0.6) is 5.75 Å². The second kappa shape index (κ2) is 5.09. The van der Waals surface area contributed by atoms with Crippen LogP contribution in [-0.2, 0) is 0 Å². The highest BCUT2D eigenvalue weighted by Gasteiger charge is 2.27. The Labute approximate surface area is 105 Å². The largest absolute Gasteiger partial charge is 0.496 e. The number of likely N-dealkylation sites (N-methyl/N-ethyl adjacent to an activating group) is 1. The van der Waals surface area contributed by atoms with E-state index in [4.69, 9.17) is 4.74 Å². The van der Waals surface area contributed by atoms with E-state index in [-0.39, 0.29) is 0 Å². The molecular formula is C15H23NO. The lowest BCUT2D eigenvalue weighted by molar-refractivity contribution is 0.157. The Morgan fingerprint density at radius 3 is 2.59 bits per heavy atom. The third-order valence-corrected chi connectivity index (χ3v) is 3.76. The Balaban J connectivity index is 2.15. The molecule has 17 heavy (non-hydrogen) atoms. The van der Waals surface area contributed by atoms with Crippen LogP contribution in [0.1, 0.15) is 43.7 Å². The lowest BCUT2D eigenvalue weighted by atomic mass is 9.89. The van der Waals surface area contributed by atoms with Gasteiger partial charge in [0.05, 0.1) is 7.11 Å². The molecule has 1 saturated heterocycles. The van der Waals surface area contributed by atoms with E-state index in [0.717, 1.165) is 12.3 Å². The van der Waals surface area contributed by atoms with E-state index in [1.54, 1.807) is 7.11 Å². The molecule has 0 saturated carbocycles. The SMILES string of the molecule is CCN1CC(c2ccc(C(C)C)c(OC)c2)C1. The summed E-state index contributed by atoms with van der Waals surface area (Å²) < 4.78 is 5.51. The number of benzene rings is 1. The number of ether oxygens (including phenoxy) is 1. The molecule has 0 radical (unpaired) electrons. The Morgan fingerprint density at radius 1 is 1.35 bits per heavy atom. The molecule has 1 aliphatic heterocycles. The summed E-state index contributed by atoms with van der Waals surface area (Å²) in [6, 6.07) is 6.73. The summed E-state index contributed by atoms with van der Waals surface area (Å²) in [4.78, 5) is 2.47. The summed E-state index contributed by atoms with van der Waals surface area (Å²) in [7, 11) is 1.77. The molecule has 0 unspecified atom stereocenters. The minimum Gasteiger partial charge on any atom is -0.496 e. The topological polar surface area (TPSA) is 12.5 Å². The average Bonchev–Trinajstić information content (AvgIpc) is 2.27. The van der Waals surface area contributed by atoms with E-state index >= 15 is 0 Å². The summed E-state index contributed by atoms with van der Waals surface area (Å²) in [5.41, 5.74) is 2.74. The molecule has 1 aromatic carbocycles. The van der Waals surface area contributed by atoms with Crippen molar-refractivity contribution in [1.82, 2.24) is 4.90 Å². The van der Waals surface area contributed by atoms with Gasteiger partial charge in [-0.2, -0.15) is 0 Å². The summed E-state index contributed by atoms with van der Waals surface area (Å²) >= 11 is 0. The number of hydrogen-bond acceptors (Lipinski definition) is 2. The first kappa shape index (κ1) is 12.4. The molecule has 2 rings (SSSR count). The second-order valence-corrected chi connectivity index (χ2v) is 5.21. The summed E-state index contributed by atoms with van der Waals surface area (Å²) in [6.07, 6.45) is 0. The standard InChI is InChI=1S/C15H23NO/c1-5-16-9-13(10-16)12-6-7-14(11(2)3)15(8-12)17-4/h6-8,11,13H,5,9-10H2,1-4H3. The molecule has 1 aromatic rings. The van der Waals surface area contributed by atoms with Crippen molar-refractivity contribution in [2.45, 2.75) is 32.6 Å². The van der Waals surface area contributed by atoms with Crippen LogP contribution in [0.25, 0.3) is 0 Å². The van der Waals surface area contributed by atoms with Gasteiger partial charge < -0.3 is 9.64 Å². The maximum Gasteiger partial charge on any atom is 0.122 e. The molecule has 0 amide bonds. The van der Waals surface area contributed by atoms with Gasteiger partial charge in [0, 0.05) is 19.0 Å². The molecule has 1 heterocycles. The average molecular weight is 233 g/mol. The smallest absolute Gasteiger partial charge is 0.122 e. The molecule has 0 atom stereocenters. The number of nitrogens with zero attached hydrogens (tertiary/aromatic N) is 1. The number of rotatable bonds is 4. The lowest BCUT2D eigenvalue weighted by Gasteiger charge is -2.39. The Morgan fingerprint density at radius 2 is 2.06 bits per heavy atom. The van der Waals surface area contributed by atoms with Gasteiger partial charge in [-0.05, 0) is 29.7 Å². The van der Waals surface area contributed by atoms with Gasteiger partial charge in [0.25, 0.3) is 0 Å². The number of hydrogen-bond donors (Lipinski definition) is 0. The molecule has 0 spiro atoms. The molecule has 2 nitrogen and oxygen atoms in total. The fourth-order valence-corrected chi connectivity index (χ4v) is 2.50. The maximum atomic E-state index is 5.51. The minimum atomic E-state index is 0.521. The van der Waals surface area contributed by atoms with Gasteiger partial charge in [0.1, 0.15) is 5.75 Å². The van der Waals surface area contributed by atoms with E-state index in [1.165, 1.54) is 24.2 Å². The van der Waals surface area contributed by atoms with Crippen LogP contribution in [0.4, 0.5) is 0 Å². The molecule has 2 heteroatoms. The molecule has 0 bridgehead atoms. The molecule has 0 N–H and O–H groups in total. The van der Waals surface area contributed by atoms with Crippen LogP contribution in [0.15, 0.2) is 18.2 Å². The molecule has 0 aliphatic carbocycles. The predicted molar refractivity (Wildman–Crippen MR) is 71.9 cm³/mol. The van der Waals surface area contributed by atoms with Crippen molar-refractivity contribution in [2.75, 3.05) is 26.7 Å². The summed E-state index contributed by atoms with van der Waals surface area (Å²) in [5, 5.41) is 0. The normalized spacial score (nSPS) is 17.2. The van der Waals surface area contributed by atoms with Crippen LogP contribution in [0.3, 0.4) is 0 Å². The highest BCUT2D eigenvalue weighted by molar-refractivity contribution is 5.41. The fourth-order valence-electron chi connectivity index (χ4n) is 2.50. The maximum absolute atomic E-state index is 5.51. The molecule has 1 fully saturated rings. The monoisotopic (exact) mass is 233 g/mol. The van der Waals surface area contributed by atoms with Crippen molar-refractivity contribution in [3.05, 3.63) is 29.3 Å². The molecule has 1 aliphatic rings. The van der Waals surface area contributed by atoms with Crippen molar-refractivity contribution in [2.24, 2.45) is 0 Å². The summed E-state index contributed by atoms with van der Waals surface area (Å²) in [5.74, 6) is 2.27. The van der Waals surface area contributed by atoms with Gasteiger partial charge >= 0.3 is 0 Å². The summed E-state index contributed by atoms with van der Waals surface area (Å²) in [6.45, 7) is 10.2. The van der Waals surface area contributed by atoms with Crippen LogP contribution < -0.4 is 4.74 Å². The number of likely N-dealkylation sites (tertiary alicyclic amines) is 1. The van der Waals surface area contributed by atoms with Crippen molar-refractivity contribution in [3.63, 3.8) is 0 Å². The van der Waals surface area contributed by atoms with E-state index < -0.39 is 0 Å². The zero-order chi connectivity index (χ0) is 12.4. The van der Waals surface area contributed by atoms with Crippen molar-refractivity contribution < 1.29 is 4.74 Å². The van der Waals surface area contributed by atoms with Gasteiger partial charge in [0.2, 0.25) is 0 Å². The van der Waals surface area contributed by atoms with E-state index in [0.29, 0.717) is 11.8 Å². The van der Waals surface area contributed by atoms with Crippen LogP contribution in [0.2, 0.25) is 0 Å². The zero-order valence-electron chi connectivity index (χ0n) is 11.4. The van der Waals surface area contributed by atoms with Gasteiger partial charge in [-0.15, -0.1) is 0 Å². The first-order valence-electron chi connectivity index (χ1n) is 6.55. The van der Waals surface area contributed by atoms with Crippen molar-refractivity contribution >= 4 is 0 Å². The lowest BCUT2D eigenvalue weighted by Crippen LogP contribution is -2.44. The third kappa shape index (κ3) is 2.47.